The molecular weight excluding hydrogens is 373 g/mol. The van der Waals surface area contributed by atoms with Gasteiger partial charge < -0.3 is 15.5 Å². The number of nitrogens with zero attached hydrogens (tertiary/aromatic N) is 1. The molecule has 2 aromatic carbocycles. The largest absolute Gasteiger partial charge is 0.326 e. The second-order valence-corrected chi connectivity index (χ2v) is 6.99. The number of hydrogen-bond acceptors (Lipinski definition) is 2. The number of amides is 3. The van der Waals surface area contributed by atoms with Crippen LogP contribution in [-0.2, 0) is 4.79 Å². The monoisotopic (exact) mass is 391 g/mol. The van der Waals surface area contributed by atoms with Crippen molar-refractivity contribution in [3.8, 4) is 0 Å². The van der Waals surface area contributed by atoms with Gasteiger partial charge in [-0.2, -0.15) is 0 Å². The van der Waals surface area contributed by atoms with Crippen LogP contribution in [0, 0.1) is 5.92 Å². The highest BCUT2D eigenvalue weighted by Gasteiger charge is 2.27. The van der Waals surface area contributed by atoms with E-state index >= 15 is 0 Å². The smallest absolute Gasteiger partial charge is 0.321 e. The molecule has 0 saturated carbocycles. The fraction of sp³-hybridized carbons (Fsp3) is 0.263. The number of nitrogens with one attached hydrogen (secondary N) is 2. The van der Waals surface area contributed by atoms with Gasteiger partial charge in [0.05, 0.1) is 10.0 Å². The Morgan fingerprint density at radius 2 is 1.58 bits per heavy atom. The molecule has 1 aliphatic rings. The number of hydrogen-bond donors (Lipinski definition) is 2. The zero-order valence-electron chi connectivity index (χ0n) is 14.0. The first-order valence-electron chi connectivity index (χ1n) is 8.40. The fourth-order valence-electron chi connectivity index (χ4n) is 2.89. The average Bonchev–Trinajstić information content (AvgIpc) is 2.65. The van der Waals surface area contributed by atoms with Gasteiger partial charge in [-0.05, 0) is 43.2 Å². The van der Waals surface area contributed by atoms with E-state index in [0.717, 1.165) is 5.69 Å². The van der Waals surface area contributed by atoms with Crippen LogP contribution in [0.15, 0.2) is 48.5 Å². The fourth-order valence-corrected chi connectivity index (χ4v) is 3.19. The van der Waals surface area contributed by atoms with E-state index in [1.807, 2.05) is 30.3 Å². The molecule has 3 rings (SSSR count). The molecule has 1 heterocycles. The first-order chi connectivity index (χ1) is 12.5. The van der Waals surface area contributed by atoms with Gasteiger partial charge in [0.15, 0.2) is 0 Å². The van der Waals surface area contributed by atoms with Gasteiger partial charge >= 0.3 is 6.03 Å². The maximum absolute atomic E-state index is 12.4. The van der Waals surface area contributed by atoms with Gasteiger partial charge in [-0.1, -0.05) is 41.4 Å². The van der Waals surface area contributed by atoms with Crippen LogP contribution in [0.1, 0.15) is 12.8 Å². The van der Waals surface area contributed by atoms with Crippen molar-refractivity contribution >= 4 is 46.5 Å². The van der Waals surface area contributed by atoms with E-state index in [4.69, 9.17) is 23.2 Å². The SMILES string of the molecule is O=C(Nc1ccccc1)C1CCN(C(=O)Nc2ccc(Cl)c(Cl)c2)CC1. The van der Waals surface area contributed by atoms with Gasteiger partial charge in [0.2, 0.25) is 5.91 Å². The molecule has 1 aliphatic heterocycles. The molecule has 0 atom stereocenters. The number of piperidine rings is 1. The minimum atomic E-state index is -0.203. The second-order valence-electron chi connectivity index (χ2n) is 6.18. The standard InChI is InChI=1S/C19H19Cl2N3O2/c20-16-7-6-15(12-17(16)21)23-19(26)24-10-8-13(9-11-24)18(25)22-14-4-2-1-3-5-14/h1-7,12-13H,8-11H2,(H,22,25)(H,23,26). The Morgan fingerprint density at radius 3 is 2.23 bits per heavy atom. The van der Waals surface area contributed by atoms with Gasteiger partial charge in [-0.15, -0.1) is 0 Å². The Hall–Kier alpha value is -2.24. The van der Waals surface area contributed by atoms with Crippen LogP contribution in [0.25, 0.3) is 0 Å². The van der Waals surface area contributed by atoms with E-state index in [0.29, 0.717) is 41.7 Å². The maximum atomic E-state index is 12.4. The Labute approximate surface area is 162 Å². The lowest BCUT2D eigenvalue weighted by molar-refractivity contribution is -0.121. The van der Waals surface area contributed by atoms with Crippen molar-refractivity contribution in [3.63, 3.8) is 0 Å². The van der Waals surface area contributed by atoms with Crippen LogP contribution < -0.4 is 10.6 Å². The highest BCUT2D eigenvalue weighted by Crippen LogP contribution is 2.26. The van der Waals surface area contributed by atoms with Crippen LogP contribution in [0.5, 0.6) is 0 Å². The number of anilines is 2. The molecule has 26 heavy (non-hydrogen) atoms. The quantitative estimate of drug-likeness (QED) is 0.783. The van der Waals surface area contributed by atoms with E-state index in [1.165, 1.54) is 0 Å². The molecule has 0 aliphatic carbocycles. The lowest BCUT2D eigenvalue weighted by Crippen LogP contribution is -2.43. The zero-order valence-corrected chi connectivity index (χ0v) is 15.6. The summed E-state index contributed by atoms with van der Waals surface area (Å²) in [6, 6.07) is 14.1. The lowest BCUT2D eigenvalue weighted by Gasteiger charge is -2.31. The molecule has 2 aromatic rings. The molecule has 0 spiro atoms. The van der Waals surface area contributed by atoms with Crippen molar-refractivity contribution in [2.75, 3.05) is 23.7 Å². The van der Waals surface area contributed by atoms with Crippen LogP contribution in [0.2, 0.25) is 10.0 Å². The number of para-hydroxylation sites is 1. The normalized spacial score (nSPS) is 14.8. The molecule has 5 nitrogen and oxygen atoms in total. The number of carbonyl (C=O) groups excluding carboxylic acids is 2. The summed E-state index contributed by atoms with van der Waals surface area (Å²) in [6.07, 6.45) is 1.26. The highest BCUT2D eigenvalue weighted by molar-refractivity contribution is 6.42. The molecule has 1 fully saturated rings. The Balaban J connectivity index is 1.50. The minimum absolute atomic E-state index is 0.000686. The predicted molar refractivity (Wildman–Crippen MR) is 105 cm³/mol. The molecule has 2 N–H and O–H groups in total. The summed E-state index contributed by atoms with van der Waals surface area (Å²) in [7, 11) is 0. The van der Waals surface area contributed by atoms with Gasteiger partial charge in [0.25, 0.3) is 0 Å². The Kier molecular flexibility index (Phi) is 6.01. The minimum Gasteiger partial charge on any atom is -0.326 e. The number of urea groups is 1. The second kappa shape index (κ2) is 8.43. The first-order valence-corrected chi connectivity index (χ1v) is 9.15. The van der Waals surface area contributed by atoms with Crippen LogP contribution in [0.4, 0.5) is 16.2 Å². The molecule has 3 amide bonds. The van der Waals surface area contributed by atoms with Crippen molar-refractivity contribution in [2.24, 2.45) is 5.92 Å². The van der Waals surface area contributed by atoms with Crippen molar-refractivity contribution in [3.05, 3.63) is 58.6 Å². The Bertz CT molecular complexity index is 791. The van der Waals surface area contributed by atoms with E-state index in [2.05, 4.69) is 10.6 Å². The number of halogens is 2. The summed E-state index contributed by atoms with van der Waals surface area (Å²) in [5.41, 5.74) is 1.38. The summed E-state index contributed by atoms with van der Waals surface area (Å²) in [4.78, 5) is 26.4. The predicted octanol–water partition coefficient (Wildman–Crippen LogP) is 4.88. The third-order valence-corrected chi connectivity index (χ3v) is 5.10. The summed E-state index contributed by atoms with van der Waals surface area (Å²) in [5, 5.41) is 6.56. The number of rotatable bonds is 3. The summed E-state index contributed by atoms with van der Waals surface area (Å²) < 4.78 is 0. The maximum Gasteiger partial charge on any atom is 0.321 e. The van der Waals surface area contributed by atoms with Gasteiger partial charge in [0, 0.05) is 30.4 Å². The van der Waals surface area contributed by atoms with E-state index in [9.17, 15) is 9.59 Å². The molecule has 7 heteroatoms. The van der Waals surface area contributed by atoms with Crippen molar-refractivity contribution < 1.29 is 9.59 Å². The summed E-state index contributed by atoms with van der Waals surface area (Å²) in [6.45, 7) is 1.06. The van der Waals surface area contributed by atoms with E-state index < -0.39 is 0 Å². The van der Waals surface area contributed by atoms with Crippen LogP contribution in [0.3, 0.4) is 0 Å². The molecular formula is C19H19Cl2N3O2. The third kappa shape index (κ3) is 4.68. The van der Waals surface area contributed by atoms with Gasteiger partial charge in [-0.25, -0.2) is 4.79 Å². The number of benzene rings is 2. The average molecular weight is 392 g/mol. The lowest BCUT2D eigenvalue weighted by atomic mass is 9.96. The summed E-state index contributed by atoms with van der Waals surface area (Å²) >= 11 is 11.8. The van der Waals surface area contributed by atoms with Crippen LogP contribution in [-0.4, -0.2) is 29.9 Å². The van der Waals surface area contributed by atoms with Crippen molar-refractivity contribution in [1.29, 1.82) is 0 Å². The summed E-state index contributed by atoms with van der Waals surface area (Å²) in [5.74, 6) is -0.0926. The van der Waals surface area contributed by atoms with E-state index in [1.54, 1.807) is 23.1 Å². The molecule has 136 valence electrons. The number of likely N-dealkylation sites (tertiary alicyclic amines) is 1. The first kappa shape index (κ1) is 18.5. The third-order valence-electron chi connectivity index (χ3n) is 4.37. The van der Waals surface area contributed by atoms with Gasteiger partial charge in [-0.3, -0.25) is 4.79 Å². The molecule has 0 bridgehead atoms. The van der Waals surface area contributed by atoms with Crippen LogP contribution >= 0.6 is 23.2 Å². The Morgan fingerprint density at radius 1 is 0.885 bits per heavy atom. The van der Waals surface area contributed by atoms with Crippen molar-refractivity contribution in [2.45, 2.75) is 12.8 Å². The molecule has 1 saturated heterocycles. The molecule has 0 radical (unpaired) electrons. The molecule has 0 unspecified atom stereocenters. The number of carbonyl (C=O) groups is 2. The topological polar surface area (TPSA) is 61.4 Å². The highest BCUT2D eigenvalue weighted by atomic mass is 35.5. The van der Waals surface area contributed by atoms with Gasteiger partial charge in [0.1, 0.15) is 0 Å². The van der Waals surface area contributed by atoms with E-state index in [-0.39, 0.29) is 17.9 Å². The van der Waals surface area contributed by atoms with Crippen molar-refractivity contribution in [1.82, 2.24) is 4.90 Å². The zero-order chi connectivity index (χ0) is 18.5. The molecule has 0 aromatic heterocycles.